The van der Waals surface area contributed by atoms with E-state index in [1.165, 1.54) is 12.1 Å². The molecule has 25 heavy (non-hydrogen) atoms. The number of halogens is 3. The summed E-state index contributed by atoms with van der Waals surface area (Å²) in [6.07, 6.45) is -0.316. The lowest BCUT2D eigenvalue weighted by Crippen LogP contribution is -2.54. The van der Waals surface area contributed by atoms with Crippen molar-refractivity contribution in [2.45, 2.75) is 19.4 Å². The second-order valence-corrected chi connectivity index (χ2v) is 6.08. The molecular formula is C18H18F3N3O. The normalized spacial score (nSPS) is 17.7. The Morgan fingerprint density at radius 2 is 1.80 bits per heavy atom. The van der Waals surface area contributed by atoms with Crippen LogP contribution >= 0.6 is 0 Å². The number of pyridine rings is 1. The maximum absolute atomic E-state index is 13.7. The van der Waals surface area contributed by atoms with Gasteiger partial charge in [-0.25, -0.2) is 13.8 Å². The highest BCUT2D eigenvalue weighted by Crippen LogP contribution is 2.20. The summed E-state index contributed by atoms with van der Waals surface area (Å²) in [7, 11) is 0. The molecular weight excluding hydrogens is 331 g/mol. The van der Waals surface area contributed by atoms with E-state index in [0.717, 1.165) is 12.1 Å². The van der Waals surface area contributed by atoms with Crippen LogP contribution in [-0.2, 0) is 11.2 Å². The van der Waals surface area contributed by atoms with Crippen LogP contribution in [0.15, 0.2) is 36.4 Å². The van der Waals surface area contributed by atoms with Gasteiger partial charge < -0.3 is 9.80 Å². The van der Waals surface area contributed by atoms with Gasteiger partial charge in [0.05, 0.1) is 6.42 Å². The number of piperazine rings is 1. The second-order valence-electron chi connectivity index (χ2n) is 6.08. The van der Waals surface area contributed by atoms with Crippen LogP contribution in [0.1, 0.15) is 12.5 Å². The fraction of sp³-hybridized carbons (Fsp3) is 0.333. The van der Waals surface area contributed by atoms with Crippen LogP contribution in [0.5, 0.6) is 0 Å². The van der Waals surface area contributed by atoms with Gasteiger partial charge in [-0.05, 0) is 31.2 Å². The van der Waals surface area contributed by atoms with Gasteiger partial charge >= 0.3 is 0 Å². The minimum atomic E-state index is -0.719. The van der Waals surface area contributed by atoms with Crippen molar-refractivity contribution in [1.29, 1.82) is 0 Å². The molecule has 7 heteroatoms. The van der Waals surface area contributed by atoms with Gasteiger partial charge in [0.2, 0.25) is 11.9 Å². The SMILES string of the molecule is CC1CN(C(=O)Cc2c(F)cccc2F)CCN1c1cccc(F)n1. The number of anilines is 1. The molecule has 1 aliphatic heterocycles. The Hall–Kier alpha value is -2.57. The zero-order valence-corrected chi connectivity index (χ0v) is 13.8. The first-order valence-electron chi connectivity index (χ1n) is 8.05. The Bertz CT molecular complexity index is 764. The van der Waals surface area contributed by atoms with Crippen molar-refractivity contribution >= 4 is 11.7 Å². The van der Waals surface area contributed by atoms with Crippen molar-refractivity contribution in [3.8, 4) is 0 Å². The van der Waals surface area contributed by atoms with Gasteiger partial charge in [-0.3, -0.25) is 4.79 Å². The summed E-state index contributed by atoms with van der Waals surface area (Å²) in [5.41, 5.74) is -0.214. The minimum absolute atomic E-state index is 0.0857. The molecule has 1 amide bonds. The highest BCUT2D eigenvalue weighted by molar-refractivity contribution is 5.79. The van der Waals surface area contributed by atoms with Crippen LogP contribution in [0.2, 0.25) is 0 Å². The molecule has 0 saturated carbocycles. The van der Waals surface area contributed by atoms with Gasteiger partial charge in [0.15, 0.2) is 0 Å². The molecule has 0 N–H and O–H groups in total. The molecule has 2 heterocycles. The van der Waals surface area contributed by atoms with Crippen molar-refractivity contribution in [3.63, 3.8) is 0 Å². The van der Waals surface area contributed by atoms with E-state index in [1.54, 1.807) is 17.0 Å². The largest absolute Gasteiger partial charge is 0.350 e. The Morgan fingerprint density at radius 1 is 1.12 bits per heavy atom. The third-order valence-electron chi connectivity index (χ3n) is 4.36. The standard InChI is InChI=1S/C18H18F3N3O/c1-12-11-23(8-9-24(12)17-7-3-6-16(21)22-17)18(25)10-13-14(19)4-2-5-15(13)20/h2-7,12H,8-11H2,1H3. The molecule has 4 nitrogen and oxygen atoms in total. The van der Waals surface area contributed by atoms with E-state index in [-0.39, 0.29) is 23.9 Å². The van der Waals surface area contributed by atoms with Crippen LogP contribution in [0.3, 0.4) is 0 Å². The van der Waals surface area contributed by atoms with Crippen LogP contribution in [0.4, 0.5) is 19.0 Å². The number of hydrogen-bond donors (Lipinski definition) is 0. The first-order valence-corrected chi connectivity index (χ1v) is 8.05. The summed E-state index contributed by atoms with van der Waals surface area (Å²) in [5.74, 6) is -1.81. The van der Waals surface area contributed by atoms with E-state index in [0.29, 0.717) is 25.5 Å². The minimum Gasteiger partial charge on any atom is -0.350 e. The Balaban J connectivity index is 1.67. The lowest BCUT2D eigenvalue weighted by atomic mass is 10.1. The van der Waals surface area contributed by atoms with Gasteiger partial charge in [-0.2, -0.15) is 4.39 Å². The molecule has 1 aromatic heterocycles. The summed E-state index contributed by atoms with van der Waals surface area (Å²) in [6, 6.07) is 8.04. The van der Waals surface area contributed by atoms with Gasteiger partial charge in [-0.15, -0.1) is 0 Å². The molecule has 132 valence electrons. The fourth-order valence-electron chi connectivity index (χ4n) is 3.05. The van der Waals surface area contributed by atoms with E-state index < -0.39 is 17.6 Å². The Kier molecular flexibility index (Phi) is 4.92. The van der Waals surface area contributed by atoms with Crippen LogP contribution in [0.25, 0.3) is 0 Å². The molecule has 2 aromatic rings. The van der Waals surface area contributed by atoms with E-state index in [9.17, 15) is 18.0 Å². The quantitative estimate of drug-likeness (QED) is 0.800. The number of carbonyl (C=O) groups excluding carboxylic acids is 1. The fourth-order valence-corrected chi connectivity index (χ4v) is 3.05. The van der Waals surface area contributed by atoms with Gasteiger partial charge in [0.1, 0.15) is 17.5 Å². The van der Waals surface area contributed by atoms with Gasteiger partial charge in [0.25, 0.3) is 0 Å². The topological polar surface area (TPSA) is 36.4 Å². The summed E-state index contributed by atoms with van der Waals surface area (Å²) in [4.78, 5) is 19.8. The zero-order valence-electron chi connectivity index (χ0n) is 13.8. The summed E-state index contributed by atoms with van der Waals surface area (Å²) >= 11 is 0. The molecule has 0 radical (unpaired) electrons. The van der Waals surface area contributed by atoms with E-state index >= 15 is 0 Å². The first kappa shape index (κ1) is 17.3. The number of rotatable bonds is 3. The monoisotopic (exact) mass is 349 g/mol. The Labute approximate surface area is 143 Å². The number of carbonyl (C=O) groups is 1. The molecule has 1 fully saturated rings. The number of nitrogens with zero attached hydrogens (tertiary/aromatic N) is 3. The average molecular weight is 349 g/mol. The van der Waals surface area contributed by atoms with Crippen LogP contribution in [0, 0.1) is 17.6 Å². The maximum atomic E-state index is 13.7. The smallest absolute Gasteiger partial charge is 0.227 e. The first-order chi connectivity index (χ1) is 12.0. The lowest BCUT2D eigenvalue weighted by Gasteiger charge is -2.40. The second kappa shape index (κ2) is 7.13. The molecule has 0 aliphatic carbocycles. The predicted molar refractivity (Wildman–Crippen MR) is 87.6 cm³/mol. The Morgan fingerprint density at radius 3 is 2.44 bits per heavy atom. The molecule has 1 unspecified atom stereocenters. The van der Waals surface area contributed by atoms with Crippen molar-refractivity contribution in [1.82, 2.24) is 9.88 Å². The van der Waals surface area contributed by atoms with E-state index in [1.807, 2.05) is 11.8 Å². The van der Waals surface area contributed by atoms with Crippen molar-refractivity contribution in [2.24, 2.45) is 0 Å². The lowest BCUT2D eigenvalue weighted by molar-refractivity contribution is -0.131. The van der Waals surface area contributed by atoms with Crippen molar-refractivity contribution in [3.05, 3.63) is 59.5 Å². The van der Waals surface area contributed by atoms with Crippen LogP contribution in [-0.4, -0.2) is 41.5 Å². The highest BCUT2D eigenvalue weighted by Gasteiger charge is 2.28. The summed E-state index contributed by atoms with van der Waals surface area (Å²) in [5, 5.41) is 0. The van der Waals surface area contributed by atoms with Crippen molar-refractivity contribution in [2.75, 3.05) is 24.5 Å². The maximum Gasteiger partial charge on any atom is 0.227 e. The van der Waals surface area contributed by atoms with Crippen molar-refractivity contribution < 1.29 is 18.0 Å². The molecule has 1 aliphatic rings. The molecule has 0 bridgehead atoms. The molecule has 1 saturated heterocycles. The molecule has 3 rings (SSSR count). The van der Waals surface area contributed by atoms with Gasteiger partial charge in [0, 0.05) is 31.2 Å². The third-order valence-corrected chi connectivity index (χ3v) is 4.36. The number of benzene rings is 1. The summed E-state index contributed by atoms with van der Waals surface area (Å²) in [6.45, 7) is 3.14. The number of hydrogen-bond acceptors (Lipinski definition) is 3. The number of aromatic nitrogens is 1. The van der Waals surface area contributed by atoms with E-state index in [2.05, 4.69) is 4.98 Å². The molecule has 1 atom stereocenters. The van der Waals surface area contributed by atoms with E-state index in [4.69, 9.17) is 0 Å². The summed E-state index contributed by atoms with van der Waals surface area (Å²) < 4.78 is 40.7. The zero-order chi connectivity index (χ0) is 18.0. The molecule has 1 aromatic carbocycles. The highest BCUT2D eigenvalue weighted by atomic mass is 19.1. The predicted octanol–water partition coefficient (Wildman–Crippen LogP) is 2.78. The van der Waals surface area contributed by atoms with Crippen LogP contribution < -0.4 is 4.90 Å². The molecule has 0 spiro atoms. The third kappa shape index (κ3) is 3.75. The van der Waals surface area contributed by atoms with Gasteiger partial charge in [-0.1, -0.05) is 12.1 Å². The number of amides is 1. The average Bonchev–Trinajstić information content (AvgIpc) is 2.58.